The van der Waals surface area contributed by atoms with Crippen molar-refractivity contribution in [1.82, 2.24) is 0 Å². The molecular weight excluding hydrogens is 266 g/mol. The summed E-state index contributed by atoms with van der Waals surface area (Å²) in [6, 6.07) is 13.5. The fourth-order valence-corrected chi connectivity index (χ4v) is 2.46. The molecule has 0 aliphatic heterocycles. The molecule has 2 aromatic carbocycles. The van der Waals surface area contributed by atoms with E-state index in [0.29, 0.717) is 12.1 Å². The molecule has 110 valence electrons. The van der Waals surface area contributed by atoms with Gasteiger partial charge in [-0.2, -0.15) is 0 Å². The number of aromatic hydroxyl groups is 1. The van der Waals surface area contributed by atoms with Gasteiger partial charge in [0.25, 0.3) is 0 Å². The molecule has 0 aliphatic carbocycles. The number of likely N-dealkylation sites (N-methyl/N-ethyl adjacent to an activating group) is 1. The number of hydrogen-bond acceptors (Lipinski definition) is 3. The van der Waals surface area contributed by atoms with E-state index in [1.54, 1.807) is 23.1 Å². The molecule has 0 saturated carbocycles. The van der Waals surface area contributed by atoms with Crippen LogP contribution in [0.15, 0.2) is 48.5 Å². The smallest absolute Gasteiger partial charge is 0.331 e. The van der Waals surface area contributed by atoms with Crippen molar-refractivity contribution < 1.29 is 15.0 Å². The first-order valence-corrected chi connectivity index (χ1v) is 6.88. The van der Waals surface area contributed by atoms with Crippen molar-refractivity contribution in [1.29, 1.82) is 0 Å². The minimum absolute atomic E-state index is 0.00220. The average molecular weight is 285 g/mol. The molecule has 0 saturated heterocycles. The van der Waals surface area contributed by atoms with Gasteiger partial charge in [-0.3, -0.25) is 0 Å². The lowest BCUT2D eigenvalue weighted by atomic mass is 10.0. The molecule has 0 aliphatic rings. The topological polar surface area (TPSA) is 60.8 Å². The predicted octanol–water partition coefficient (Wildman–Crippen LogP) is 3.35. The molecule has 1 atom stereocenters. The third kappa shape index (κ3) is 3.16. The molecule has 0 bridgehead atoms. The lowest BCUT2D eigenvalue weighted by molar-refractivity contribution is -0.138. The molecule has 0 amide bonds. The van der Waals surface area contributed by atoms with Crippen molar-refractivity contribution in [3.8, 4) is 5.75 Å². The van der Waals surface area contributed by atoms with Crippen molar-refractivity contribution in [2.24, 2.45) is 0 Å². The van der Waals surface area contributed by atoms with E-state index >= 15 is 0 Å². The normalized spacial score (nSPS) is 11.9. The van der Waals surface area contributed by atoms with Gasteiger partial charge in [-0.05, 0) is 38.1 Å². The van der Waals surface area contributed by atoms with Crippen LogP contribution >= 0.6 is 0 Å². The number of benzene rings is 2. The quantitative estimate of drug-likeness (QED) is 0.884. The first kappa shape index (κ1) is 14.9. The summed E-state index contributed by atoms with van der Waals surface area (Å²) in [5, 5.41) is 19.7. The van der Waals surface area contributed by atoms with Gasteiger partial charge in [0, 0.05) is 17.8 Å². The van der Waals surface area contributed by atoms with E-state index in [9.17, 15) is 15.0 Å². The number of hydrogen-bond donors (Lipinski definition) is 2. The summed E-state index contributed by atoms with van der Waals surface area (Å²) < 4.78 is 0. The highest BCUT2D eigenvalue weighted by atomic mass is 16.4. The van der Waals surface area contributed by atoms with Crippen molar-refractivity contribution in [2.45, 2.75) is 19.9 Å². The summed E-state index contributed by atoms with van der Waals surface area (Å²) in [6.07, 6.45) is 0. The van der Waals surface area contributed by atoms with Crippen LogP contribution in [-0.2, 0) is 4.79 Å². The molecule has 0 aromatic heterocycles. The van der Waals surface area contributed by atoms with Crippen LogP contribution in [0.4, 0.5) is 5.69 Å². The van der Waals surface area contributed by atoms with Gasteiger partial charge in [-0.1, -0.05) is 29.8 Å². The van der Waals surface area contributed by atoms with E-state index in [-0.39, 0.29) is 5.75 Å². The fraction of sp³-hybridized carbons (Fsp3) is 0.235. The van der Waals surface area contributed by atoms with E-state index in [1.807, 2.05) is 44.2 Å². The molecule has 0 heterocycles. The monoisotopic (exact) mass is 285 g/mol. The van der Waals surface area contributed by atoms with Crippen LogP contribution in [0.1, 0.15) is 24.1 Å². The standard InChI is InChI=1S/C17H19NO3/c1-3-18(13-7-5-4-6-8-13)16(17(20)21)14-11-12(2)9-10-15(14)19/h4-11,16,19H,3H2,1-2H3,(H,20,21). The Labute approximate surface area is 124 Å². The Balaban J connectivity index is 2.52. The Morgan fingerprint density at radius 2 is 1.86 bits per heavy atom. The number of nitrogens with zero attached hydrogens (tertiary/aromatic N) is 1. The van der Waals surface area contributed by atoms with E-state index in [1.165, 1.54) is 0 Å². The number of aliphatic carboxylic acids is 1. The molecule has 1 unspecified atom stereocenters. The summed E-state index contributed by atoms with van der Waals surface area (Å²) in [4.78, 5) is 13.5. The highest BCUT2D eigenvalue weighted by Gasteiger charge is 2.29. The highest BCUT2D eigenvalue weighted by Crippen LogP contribution is 2.33. The van der Waals surface area contributed by atoms with Gasteiger partial charge in [-0.25, -0.2) is 4.79 Å². The Morgan fingerprint density at radius 1 is 1.19 bits per heavy atom. The number of phenols is 1. The number of aryl methyl sites for hydroxylation is 1. The lowest BCUT2D eigenvalue weighted by Crippen LogP contribution is -2.34. The van der Waals surface area contributed by atoms with Crippen LogP contribution in [-0.4, -0.2) is 22.7 Å². The molecule has 0 fully saturated rings. The summed E-state index contributed by atoms with van der Waals surface area (Å²) in [7, 11) is 0. The first-order valence-electron chi connectivity index (χ1n) is 6.88. The highest BCUT2D eigenvalue weighted by molar-refractivity contribution is 5.81. The van der Waals surface area contributed by atoms with Crippen LogP contribution in [0.3, 0.4) is 0 Å². The molecule has 0 spiro atoms. The number of phenolic OH excluding ortho intramolecular Hbond substituents is 1. The van der Waals surface area contributed by atoms with Crippen LogP contribution in [0.5, 0.6) is 5.75 Å². The van der Waals surface area contributed by atoms with Crippen LogP contribution in [0, 0.1) is 6.92 Å². The lowest BCUT2D eigenvalue weighted by Gasteiger charge is -2.30. The molecule has 4 nitrogen and oxygen atoms in total. The third-order valence-electron chi connectivity index (χ3n) is 3.45. The SMILES string of the molecule is CCN(c1ccccc1)C(C(=O)O)c1cc(C)ccc1O. The Morgan fingerprint density at radius 3 is 2.43 bits per heavy atom. The van der Waals surface area contributed by atoms with Crippen LogP contribution < -0.4 is 4.90 Å². The fourth-order valence-electron chi connectivity index (χ4n) is 2.46. The van der Waals surface area contributed by atoms with Gasteiger partial charge >= 0.3 is 5.97 Å². The second-order valence-electron chi connectivity index (χ2n) is 4.92. The Bertz CT molecular complexity index is 625. The molecule has 2 N–H and O–H groups in total. The van der Waals surface area contributed by atoms with Crippen molar-refractivity contribution in [2.75, 3.05) is 11.4 Å². The van der Waals surface area contributed by atoms with Gasteiger partial charge in [0.15, 0.2) is 6.04 Å². The van der Waals surface area contributed by atoms with E-state index in [0.717, 1.165) is 11.3 Å². The zero-order chi connectivity index (χ0) is 15.4. The first-order chi connectivity index (χ1) is 10.0. The number of para-hydroxylation sites is 1. The van der Waals surface area contributed by atoms with Gasteiger partial charge in [0.2, 0.25) is 0 Å². The minimum atomic E-state index is -0.985. The van der Waals surface area contributed by atoms with Gasteiger partial charge in [-0.15, -0.1) is 0 Å². The second-order valence-corrected chi connectivity index (χ2v) is 4.92. The molecule has 2 rings (SSSR count). The van der Waals surface area contributed by atoms with E-state index < -0.39 is 12.0 Å². The zero-order valence-electron chi connectivity index (χ0n) is 12.2. The third-order valence-corrected chi connectivity index (χ3v) is 3.45. The maximum Gasteiger partial charge on any atom is 0.331 e. The average Bonchev–Trinajstić information content (AvgIpc) is 2.48. The maximum atomic E-state index is 11.8. The number of anilines is 1. The second kappa shape index (κ2) is 6.31. The van der Waals surface area contributed by atoms with Gasteiger partial charge in [0.05, 0.1) is 0 Å². The summed E-state index contributed by atoms with van der Waals surface area (Å²) in [6.45, 7) is 4.30. The number of rotatable bonds is 5. The van der Waals surface area contributed by atoms with Crippen molar-refractivity contribution >= 4 is 11.7 Å². The number of carboxylic acids is 1. The summed E-state index contributed by atoms with van der Waals surface area (Å²) >= 11 is 0. The van der Waals surface area contributed by atoms with Crippen LogP contribution in [0.25, 0.3) is 0 Å². The number of carboxylic acid groups (broad SMARTS) is 1. The van der Waals surface area contributed by atoms with Crippen molar-refractivity contribution in [3.63, 3.8) is 0 Å². The van der Waals surface area contributed by atoms with Crippen molar-refractivity contribution in [3.05, 3.63) is 59.7 Å². The Hall–Kier alpha value is -2.49. The van der Waals surface area contributed by atoms with E-state index in [2.05, 4.69) is 0 Å². The van der Waals surface area contributed by atoms with Gasteiger partial charge in [0.1, 0.15) is 5.75 Å². The Kier molecular flexibility index (Phi) is 4.48. The zero-order valence-corrected chi connectivity index (χ0v) is 12.2. The molecular formula is C17H19NO3. The van der Waals surface area contributed by atoms with Gasteiger partial charge < -0.3 is 15.1 Å². The predicted molar refractivity (Wildman–Crippen MR) is 82.7 cm³/mol. The molecule has 21 heavy (non-hydrogen) atoms. The van der Waals surface area contributed by atoms with E-state index in [4.69, 9.17) is 0 Å². The molecule has 0 radical (unpaired) electrons. The summed E-state index contributed by atoms with van der Waals surface area (Å²) in [5.41, 5.74) is 2.14. The minimum Gasteiger partial charge on any atom is -0.508 e. The summed E-state index contributed by atoms with van der Waals surface area (Å²) in [5.74, 6) is -0.982. The largest absolute Gasteiger partial charge is 0.508 e. The number of carbonyl (C=O) groups is 1. The maximum absolute atomic E-state index is 11.8. The molecule has 4 heteroatoms. The molecule has 2 aromatic rings. The van der Waals surface area contributed by atoms with Crippen LogP contribution in [0.2, 0.25) is 0 Å².